The van der Waals surface area contributed by atoms with Gasteiger partial charge in [0, 0.05) is 18.0 Å². The van der Waals surface area contributed by atoms with E-state index in [-0.39, 0.29) is 29.7 Å². The lowest BCUT2D eigenvalue weighted by molar-refractivity contribution is -0.133. The number of nitrogens with zero attached hydrogens (tertiary/aromatic N) is 5. The highest BCUT2D eigenvalue weighted by atomic mass is 16.5. The molecule has 3 aromatic rings. The number of methoxy groups -OCH3 is 1. The number of Topliss-reactive ketones (excluding diaryl/α,β-unsaturated/α-hetero) is 1. The minimum absolute atomic E-state index is 0.0187. The van der Waals surface area contributed by atoms with Crippen molar-refractivity contribution in [1.29, 1.82) is 0 Å². The fourth-order valence-electron chi connectivity index (χ4n) is 4.64. The van der Waals surface area contributed by atoms with E-state index in [0.29, 0.717) is 49.0 Å². The molecular formula is C25H30N6O4. The Kier molecular flexibility index (Phi) is 6.63. The van der Waals surface area contributed by atoms with Crippen molar-refractivity contribution in [3.8, 4) is 5.75 Å². The van der Waals surface area contributed by atoms with Crippen molar-refractivity contribution in [1.82, 2.24) is 29.4 Å². The molecule has 0 unspecified atom stereocenters. The number of hydrogen-bond acceptors (Lipinski definition) is 7. The van der Waals surface area contributed by atoms with Gasteiger partial charge in [0.1, 0.15) is 23.4 Å². The Morgan fingerprint density at radius 2 is 1.89 bits per heavy atom. The standard InChI is InChI=1S/C25H30N6O4/c1-35-20-6-4-18(5-7-20)24(33)19-8-10-29(11-9-19)15-23(32)30(13-17-2-3-17)14-22-27-25(34)21-12-26-16-31(21)28-22/h4-7,12,16-17,19H,2-3,8-11,13-15H2,1H3,(H,27,28,34). The van der Waals surface area contributed by atoms with Crippen LogP contribution >= 0.6 is 0 Å². The molecule has 1 saturated carbocycles. The van der Waals surface area contributed by atoms with E-state index in [1.165, 1.54) is 17.0 Å². The van der Waals surface area contributed by atoms with Crippen molar-refractivity contribution in [2.75, 3.05) is 33.3 Å². The summed E-state index contributed by atoms with van der Waals surface area (Å²) in [6.07, 6.45) is 6.64. The van der Waals surface area contributed by atoms with Crippen LogP contribution in [0, 0.1) is 11.8 Å². The zero-order chi connectivity index (χ0) is 24.4. The topological polar surface area (TPSA) is 113 Å². The van der Waals surface area contributed by atoms with Crippen molar-refractivity contribution < 1.29 is 14.3 Å². The molecule has 10 heteroatoms. The van der Waals surface area contributed by atoms with Gasteiger partial charge < -0.3 is 14.6 Å². The summed E-state index contributed by atoms with van der Waals surface area (Å²) in [5.74, 6) is 1.82. The number of H-pyrrole nitrogens is 1. The molecule has 1 aliphatic heterocycles. The SMILES string of the molecule is COc1ccc(C(=O)C2CCN(CC(=O)N(Cc3nn4cncc4c(=O)[nH]3)CC3CC3)CC2)cc1. The maximum atomic E-state index is 13.2. The molecule has 1 saturated heterocycles. The van der Waals surface area contributed by atoms with Crippen molar-refractivity contribution >= 4 is 17.2 Å². The fourth-order valence-corrected chi connectivity index (χ4v) is 4.64. The number of hydrogen-bond donors (Lipinski definition) is 1. The Morgan fingerprint density at radius 1 is 1.14 bits per heavy atom. The summed E-state index contributed by atoms with van der Waals surface area (Å²) in [6.45, 7) is 2.62. The number of ketones is 1. The van der Waals surface area contributed by atoms with Crippen LogP contribution in [0.2, 0.25) is 0 Å². The van der Waals surface area contributed by atoms with Crippen LogP contribution in [0.15, 0.2) is 41.6 Å². The number of nitrogens with one attached hydrogen (secondary N) is 1. The van der Waals surface area contributed by atoms with Crippen LogP contribution in [0.5, 0.6) is 5.75 Å². The van der Waals surface area contributed by atoms with Crippen molar-refractivity contribution in [3.63, 3.8) is 0 Å². The van der Waals surface area contributed by atoms with Gasteiger partial charge in [-0.25, -0.2) is 9.50 Å². The predicted molar refractivity (Wildman–Crippen MR) is 128 cm³/mol. The van der Waals surface area contributed by atoms with Gasteiger partial charge in [0.15, 0.2) is 5.78 Å². The van der Waals surface area contributed by atoms with E-state index in [4.69, 9.17) is 4.74 Å². The smallest absolute Gasteiger partial charge is 0.276 e. The molecule has 35 heavy (non-hydrogen) atoms. The molecule has 2 aromatic heterocycles. The van der Waals surface area contributed by atoms with E-state index in [2.05, 4.69) is 20.0 Å². The Labute approximate surface area is 202 Å². The van der Waals surface area contributed by atoms with Crippen molar-refractivity contribution in [2.45, 2.75) is 32.2 Å². The van der Waals surface area contributed by atoms with Crippen LogP contribution in [-0.2, 0) is 11.3 Å². The molecule has 0 atom stereocenters. The zero-order valence-corrected chi connectivity index (χ0v) is 19.9. The molecule has 10 nitrogen and oxygen atoms in total. The van der Waals surface area contributed by atoms with Crippen LogP contribution in [0.4, 0.5) is 0 Å². The highest BCUT2D eigenvalue weighted by Gasteiger charge is 2.30. The number of carbonyl (C=O) groups excluding carboxylic acids is 2. The third kappa shape index (κ3) is 5.43. The van der Waals surface area contributed by atoms with E-state index in [0.717, 1.165) is 31.4 Å². The molecule has 184 valence electrons. The molecule has 5 rings (SSSR count). The summed E-state index contributed by atoms with van der Waals surface area (Å²) in [6, 6.07) is 7.24. The molecule has 1 N–H and O–H groups in total. The normalized spacial score (nSPS) is 16.9. The third-order valence-electron chi connectivity index (χ3n) is 6.90. The minimum Gasteiger partial charge on any atom is -0.497 e. The van der Waals surface area contributed by atoms with Gasteiger partial charge in [-0.05, 0) is 69.0 Å². The van der Waals surface area contributed by atoms with Gasteiger partial charge in [-0.3, -0.25) is 19.3 Å². The van der Waals surface area contributed by atoms with E-state index in [1.807, 2.05) is 24.3 Å². The quantitative estimate of drug-likeness (QED) is 0.466. The number of likely N-dealkylation sites (tertiary alicyclic amines) is 1. The molecule has 1 aromatic carbocycles. The number of fused-ring (bicyclic) bond motifs is 1. The largest absolute Gasteiger partial charge is 0.497 e. The molecule has 0 spiro atoms. The van der Waals surface area contributed by atoms with Crippen molar-refractivity contribution in [3.05, 3.63) is 58.5 Å². The number of aromatic nitrogens is 4. The Morgan fingerprint density at radius 3 is 2.57 bits per heavy atom. The molecule has 1 aliphatic carbocycles. The third-order valence-corrected chi connectivity index (χ3v) is 6.90. The van der Waals surface area contributed by atoms with E-state index in [1.54, 1.807) is 12.0 Å². The van der Waals surface area contributed by atoms with Gasteiger partial charge in [-0.1, -0.05) is 0 Å². The minimum atomic E-state index is -0.269. The first kappa shape index (κ1) is 23.2. The summed E-state index contributed by atoms with van der Waals surface area (Å²) in [7, 11) is 1.60. The fraction of sp³-hybridized carbons (Fsp3) is 0.480. The van der Waals surface area contributed by atoms with Gasteiger partial charge in [-0.2, -0.15) is 5.10 Å². The summed E-state index contributed by atoms with van der Waals surface area (Å²) in [5, 5.41) is 4.41. The van der Waals surface area contributed by atoms with Crippen LogP contribution in [-0.4, -0.2) is 74.4 Å². The number of amides is 1. The number of piperidine rings is 1. The first-order chi connectivity index (χ1) is 17.0. The second-order valence-electron chi connectivity index (χ2n) is 9.49. The number of imidazole rings is 1. The van der Waals surface area contributed by atoms with E-state index >= 15 is 0 Å². The van der Waals surface area contributed by atoms with Crippen LogP contribution < -0.4 is 10.3 Å². The van der Waals surface area contributed by atoms with Crippen molar-refractivity contribution in [2.24, 2.45) is 11.8 Å². The molecule has 0 radical (unpaired) electrons. The predicted octanol–water partition coefficient (Wildman–Crippen LogP) is 1.76. The molecule has 0 bridgehead atoms. The number of aromatic amines is 1. The van der Waals surface area contributed by atoms with Gasteiger partial charge in [0.25, 0.3) is 5.56 Å². The Balaban J connectivity index is 1.18. The number of carbonyl (C=O) groups is 2. The number of ether oxygens (including phenoxy) is 1. The number of benzene rings is 1. The van der Waals surface area contributed by atoms with Gasteiger partial charge in [-0.15, -0.1) is 0 Å². The van der Waals surface area contributed by atoms with E-state index < -0.39 is 0 Å². The monoisotopic (exact) mass is 478 g/mol. The lowest BCUT2D eigenvalue weighted by Gasteiger charge is -2.32. The average Bonchev–Trinajstić information content (AvgIpc) is 3.56. The zero-order valence-electron chi connectivity index (χ0n) is 19.9. The number of rotatable bonds is 9. The first-order valence-corrected chi connectivity index (χ1v) is 12.1. The summed E-state index contributed by atoms with van der Waals surface area (Å²) in [4.78, 5) is 49.1. The van der Waals surface area contributed by atoms with Gasteiger partial charge in [0.2, 0.25) is 5.91 Å². The lowest BCUT2D eigenvalue weighted by Crippen LogP contribution is -2.45. The Bertz CT molecular complexity index is 1250. The van der Waals surface area contributed by atoms with Gasteiger partial charge >= 0.3 is 0 Å². The first-order valence-electron chi connectivity index (χ1n) is 12.1. The molecule has 1 amide bonds. The highest BCUT2D eigenvalue weighted by molar-refractivity contribution is 5.98. The average molecular weight is 479 g/mol. The van der Waals surface area contributed by atoms with Crippen LogP contribution in [0.1, 0.15) is 41.9 Å². The maximum Gasteiger partial charge on any atom is 0.276 e. The lowest BCUT2D eigenvalue weighted by atomic mass is 9.89. The molecule has 2 aliphatic rings. The molecular weight excluding hydrogens is 448 g/mol. The molecule has 2 fully saturated rings. The second-order valence-corrected chi connectivity index (χ2v) is 9.49. The summed E-state index contributed by atoms with van der Waals surface area (Å²) >= 11 is 0. The molecule has 3 heterocycles. The van der Waals surface area contributed by atoms with E-state index in [9.17, 15) is 14.4 Å². The second kappa shape index (κ2) is 9.99. The van der Waals surface area contributed by atoms with Crippen LogP contribution in [0.3, 0.4) is 0 Å². The summed E-state index contributed by atoms with van der Waals surface area (Å²) in [5.41, 5.74) is 0.808. The van der Waals surface area contributed by atoms with Crippen LogP contribution in [0.25, 0.3) is 5.52 Å². The Hall–Kier alpha value is -3.53. The highest BCUT2D eigenvalue weighted by Crippen LogP contribution is 2.30. The maximum absolute atomic E-state index is 13.2. The summed E-state index contributed by atoms with van der Waals surface area (Å²) < 4.78 is 6.61. The van der Waals surface area contributed by atoms with Gasteiger partial charge in [0.05, 0.1) is 26.4 Å².